The first kappa shape index (κ1) is 18.0. The number of hydrogen-bond acceptors (Lipinski definition) is 4. The third kappa shape index (κ3) is 3.83. The molecule has 1 aromatic carbocycles. The van der Waals surface area contributed by atoms with Crippen molar-refractivity contribution in [1.82, 2.24) is 21.0 Å². The standard InChI is InChI=1S/C19H22N6O3/c26-16-7-3-4-11-10-12(8-9-14(11)21-16)20-19(28)25-24-18(27)17-13-5-1-2-6-15(13)22-23-17/h8-10H,1-7H2,(H,21,26)(H,22,23)(H,24,27)(H2,20,25,28). The molecule has 4 rings (SSSR count). The molecule has 0 bridgehead atoms. The molecule has 0 unspecified atom stereocenters. The molecular formula is C19H22N6O3. The van der Waals surface area contributed by atoms with E-state index in [1.807, 2.05) is 6.07 Å². The van der Waals surface area contributed by atoms with Crippen molar-refractivity contribution >= 4 is 29.2 Å². The predicted molar refractivity (Wildman–Crippen MR) is 103 cm³/mol. The molecule has 9 nitrogen and oxygen atoms in total. The number of carbonyl (C=O) groups excluding carboxylic acids is 3. The van der Waals surface area contributed by atoms with Crippen LogP contribution in [0, 0.1) is 0 Å². The summed E-state index contributed by atoms with van der Waals surface area (Å²) in [6.45, 7) is 0. The van der Waals surface area contributed by atoms with E-state index >= 15 is 0 Å². The Morgan fingerprint density at radius 2 is 1.86 bits per heavy atom. The average molecular weight is 382 g/mol. The quantitative estimate of drug-likeness (QED) is 0.509. The molecular weight excluding hydrogens is 360 g/mol. The van der Waals surface area contributed by atoms with Crippen molar-refractivity contribution in [3.8, 4) is 0 Å². The van der Waals surface area contributed by atoms with Crippen LogP contribution >= 0.6 is 0 Å². The van der Waals surface area contributed by atoms with Crippen molar-refractivity contribution in [3.63, 3.8) is 0 Å². The van der Waals surface area contributed by atoms with Gasteiger partial charge in [0.25, 0.3) is 5.91 Å². The van der Waals surface area contributed by atoms with Crippen molar-refractivity contribution in [2.24, 2.45) is 0 Å². The molecule has 1 aromatic heterocycles. The van der Waals surface area contributed by atoms with Crippen LogP contribution < -0.4 is 21.5 Å². The Labute approximate surface area is 161 Å². The maximum absolute atomic E-state index is 12.3. The molecule has 28 heavy (non-hydrogen) atoms. The van der Waals surface area contributed by atoms with E-state index in [-0.39, 0.29) is 5.91 Å². The highest BCUT2D eigenvalue weighted by atomic mass is 16.2. The topological polar surface area (TPSA) is 128 Å². The normalized spacial score (nSPS) is 15.5. The van der Waals surface area contributed by atoms with Crippen LogP contribution in [-0.2, 0) is 24.1 Å². The fourth-order valence-electron chi connectivity index (χ4n) is 3.66. The van der Waals surface area contributed by atoms with Crippen LogP contribution in [0.15, 0.2) is 18.2 Å². The molecule has 9 heteroatoms. The molecule has 0 spiro atoms. The SMILES string of the molecule is O=C1CCCc2cc(NC(=O)NNC(=O)c3n[nH]c4c3CCCC4)ccc2N1. The number of benzene rings is 1. The van der Waals surface area contributed by atoms with Gasteiger partial charge in [0, 0.05) is 29.1 Å². The minimum absolute atomic E-state index is 0.000435. The second kappa shape index (κ2) is 7.71. The van der Waals surface area contributed by atoms with E-state index in [0.29, 0.717) is 17.8 Å². The van der Waals surface area contributed by atoms with Gasteiger partial charge in [-0.2, -0.15) is 5.10 Å². The Morgan fingerprint density at radius 3 is 2.75 bits per heavy atom. The second-order valence-electron chi connectivity index (χ2n) is 7.04. The number of aryl methyl sites for hydroxylation is 2. The van der Waals surface area contributed by atoms with Crippen LogP contribution in [0.5, 0.6) is 0 Å². The number of fused-ring (bicyclic) bond motifs is 2. The average Bonchev–Trinajstić information content (AvgIpc) is 3.03. The van der Waals surface area contributed by atoms with Crippen LogP contribution in [0.3, 0.4) is 0 Å². The highest BCUT2D eigenvalue weighted by molar-refractivity contribution is 5.97. The van der Waals surface area contributed by atoms with E-state index in [1.54, 1.807) is 12.1 Å². The van der Waals surface area contributed by atoms with Crippen molar-refractivity contribution in [2.45, 2.75) is 44.9 Å². The highest BCUT2D eigenvalue weighted by Gasteiger charge is 2.22. The number of aromatic nitrogens is 2. The van der Waals surface area contributed by atoms with E-state index in [9.17, 15) is 14.4 Å². The van der Waals surface area contributed by atoms with Crippen molar-refractivity contribution < 1.29 is 14.4 Å². The summed E-state index contributed by atoms with van der Waals surface area (Å²) in [7, 11) is 0. The van der Waals surface area contributed by atoms with Crippen molar-refractivity contribution in [1.29, 1.82) is 0 Å². The van der Waals surface area contributed by atoms with Crippen LogP contribution in [0.4, 0.5) is 16.2 Å². The molecule has 4 amide bonds. The molecule has 0 saturated heterocycles. The Bertz CT molecular complexity index is 936. The summed E-state index contributed by atoms with van der Waals surface area (Å²) in [6, 6.07) is 4.74. The first-order chi connectivity index (χ1) is 13.6. The first-order valence-corrected chi connectivity index (χ1v) is 9.46. The monoisotopic (exact) mass is 382 g/mol. The molecule has 2 aliphatic rings. The van der Waals surface area contributed by atoms with Gasteiger partial charge in [-0.05, 0) is 62.3 Å². The van der Waals surface area contributed by atoms with Gasteiger partial charge in [0.15, 0.2) is 5.69 Å². The minimum Gasteiger partial charge on any atom is -0.326 e. The Hall–Kier alpha value is -3.36. The zero-order valence-electron chi connectivity index (χ0n) is 15.4. The summed E-state index contributed by atoms with van der Waals surface area (Å²) in [5.74, 6) is -0.445. The van der Waals surface area contributed by atoms with Gasteiger partial charge in [-0.3, -0.25) is 20.1 Å². The number of H-pyrrole nitrogens is 1. The highest BCUT2D eigenvalue weighted by Crippen LogP contribution is 2.25. The number of hydrazine groups is 1. The molecule has 1 aliphatic carbocycles. The molecule has 0 atom stereocenters. The number of hydrogen-bond donors (Lipinski definition) is 5. The zero-order chi connectivity index (χ0) is 19.5. The van der Waals surface area contributed by atoms with Gasteiger partial charge in [-0.15, -0.1) is 0 Å². The molecule has 1 aliphatic heterocycles. The molecule has 0 radical (unpaired) electrons. The summed E-state index contributed by atoms with van der Waals surface area (Å²) in [4.78, 5) is 36.1. The number of rotatable bonds is 2. The van der Waals surface area contributed by atoms with Crippen molar-refractivity contribution in [3.05, 3.63) is 40.7 Å². The van der Waals surface area contributed by atoms with Crippen LogP contribution in [-0.4, -0.2) is 28.0 Å². The lowest BCUT2D eigenvalue weighted by molar-refractivity contribution is -0.116. The maximum atomic E-state index is 12.3. The van der Waals surface area contributed by atoms with Gasteiger partial charge in [0.2, 0.25) is 5.91 Å². The van der Waals surface area contributed by atoms with E-state index in [1.165, 1.54) is 0 Å². The van der Waals surface area contributed by atoms with E-state index in [0.717, 1.165) is 61.0 Å². The Kier molecular flexibility index (Phi) is 4.96. The number of urea groups is 1. The predicted octanol–water partition coefficient (Wildman–Crippen LogP) is 2.03. The number of nitrogens with zero attached hydrogens (tertiary/aromatic N) is 1. The number of nitrogens with one attached hydrogen (secondary N) is 5. The third-order valence-corrected chi connectivity index (χ3v) is 5.05. The van der Waals surface area contributed by atoms with Gasteiger partial charge >= 0.3 is 6.03 Å². The lowest BCUT2D eigenvalue weighted by Gasteiger charge is -2.13. The molecule has 146 valence electrons. The van der Waals surface area contributed by atoms with Gasteiger partial charge < -0.3 is 10.6 Å². The first-order valence-electron chi connectivity index (χ1n) is 9.46. The minimum atomic E-state index is -0.560. The largest absolute Gasteiger partial charge is 0.337 e. The fourth-order valence-corrected chi connectivity index (χ4v) is 3.66. The smallest absolute Gasteiger partial charge is 0.326 e. The molecule has 2 aromatic rings. The zero-order valence-corrected chi connectivity index (χ0v) is 15.4. The van der Waals surface area contributed by atoms with Crippen LogP contribution in [0.25, 0.3) is 0 Å². The summed E-state index contributed by atoms with van der Waals surface area (Å²) in [5.41, 5.74) is 9.32. The summed E-state index contributed by atoms with van der Waals surface area (Å²) < 4.78 is 0. The third-order valence-electron chi connectivity index (χ3n) is 5.05. The number of amides is 4. The van der Waals surface area contributed by atoms with Gasteiger partial charge in [-0.1, -0.05) is 0 Å². The second-order valence-corrected chi connectivity index (χ2v) is 7.04. The molecule has 5 N–H and O–H groups in total. The number of anilines is 2. The lowest BCUT2D eigenvalue weighted by Crippen LogP contribution is -2.44. The number of aromatic amines is 1. The van der Waals surface area contributed by atoms with Crippen molar-refractivity contribution in [2.75, 3.05) is 10.6 Å². The Morgan fingerprint density at radius 1 is 1.00 bits per heavy atom. The van der Waals surface area contributed by atoms with E-state index in [2.05, 4.69) is 31.7 Å². The van der Waals surface area contributed by atoms with E-state index < -0.39 is 11.9 Å². The lowest BCUT2D eigenvalue weighted by atomic mass is 9.96. The Balaban J connectivity index is 1.35. The number of carbonyl (C=O) groups is 3. The van der Waals surface area contributed by atoms with Gasteiger partial charge in [0.1, 0.15) is 0 Å². The fraction of sp³-hybridized carbons (Fsp3) is 0.368. The van der Waals surface area contributed by atoms with Crippen LogP contribution in [0.1, 0.15) is 53.0 Å². The van der Waals surface area contributed by atoms with Gasteiger partial charge in [-0.25, -0.2) is 10.2 Å². The molecule has 0 saturated carbocycles. The summed E-state index contributed by atoms with van der Waals surface area (Å²) in [5, 5.41) is 12.5. The van der Waals surface area contributed by atoms with E-state index in [4.69, 9.17) is 0 Å². The summed E-state index contributed by atoms with van der Waals surface area (Å²) in [6.07, 6.45) is 5.82. The summed E-state index contributed by atoms with van der Waals surface area (Å²) >= 11 is 0. The molecule has 2 heterocycles. The van der Waals surface area contributed by atoms with Crippen LogP contribution in [0.2, 0.25) is 0 Å². The molecule has 0 fully saturated rings. The maximum Gasteiger partial charge on any atom is 0.337 e. The van der Waals surface area contributed by atoms with Gasteiger partial charge in [0.05, 0.1) is 0 Å².